The first-order valence-electron chi connectivity index (χ1n) is 6.41. The Kier molecular flexibility index (Phi) is 5.98. The fourth-order valence-electron chi connectivity index (χ4n) is 1.72. The topological polar surface area (TPSA) is 102 Å². The number of aliphatic hydroxyl groups is 1. The van der Waals surface area contributed by atoms with Crippen LogP contribution in [0, 0.1) is 6.92 Å². The molecule has 0 radical (unpaired) electrons. The summed E-state index contributed by atoms with van der Waals surface area (Å²) in [5.41, 5.74) is 6.39. The highest BCUT2D eigenvalue weighted by Gasteiger charge is 2.17. The Morgan fingerprint density at radius 2 is 2.05 bits per heavy atom. The van der Waals surface area contributed by atoms with E-state index in [0.717, 1.165) is 0 Å². The third-order valence-corrected chi connectivity index (χ3v) is 2.78. The number of ether oxygens (including phenoxy) is 2. The van der Waals surface area contributed by atoms with Gasteiger partial charge in [-0.25, -0.2) is 9.59 Å². The SMILES string of the molecule is Cc1cc([C@H](CCO)OC(N)=O)ccc1OC(=O)N(C)C. The third-order valence-electron chi connectivity index (χ3n) is 2.78. The minimum absolute atomic E-state index is 0.144. The molecule has 0 aliphatic rings. The van der Waals surface area contributed by atoms with Gasteiger partial charge >= 0.3 is 12.2 Å². The number of amides is 2. The van der Waals surface area contributed by atoms with Crippen LogP contribution in [-0.2, 0) is 4.74 Å². The largest absolute Gasteiger partial charge is 0.441 e. The highest BCUT2D eigenvalue weighted by molar-refractivity contribution is 5.70. The smallest absolute Gasteiger partial charge is 0.414 e. The van der Waals surface area contributed by atoms with Gasteiger partial charge in [-0.1, -0.05) is 6.07 Å². The first-order chi connectivity index (χ1) is 9.85. The molecule has 0 fully saturated rings. The van der Waals surface area contributed by atoms with Crippen LogP contribution in [0.2, 0.25) is 0 Å². The number of rotatable bonds is 5. The lowest BCUT2D eigenvalue weighted by molar-refractivity contribution is 0.0877. The molecule has 1 aromatic carbocycles. The molecule has 3 N–H and O–H groups in total. The van der Waals surface area contributed by atoms with Crippen LogP contribution in [0.3, 0.4) is 0 Å². The molecule has 0 unspecified atom stereocenters. The highest BCUT2D eigenvalue weighted by Crippen LogP contribution is 2.27. The Bertz CT molecular complexity index is 516. The average Bonchev–Trinajstić information content (AvgIpc) is 2.39. The van der Waals surface area contributed by atoms with Gasteiger partial charge in [-0.05, 0) is 30.2 Å². The van der Waals surface area contributed by atoms with E-state index in [2.05, 4.69) is 0 Å². The van der Waals surface area contributed by atoms with Crippen molar-refractivity contribution in [1.82, 2.24) is 4.90 Å². The standard InChI is InChI=1S/C14H20N2O5/c1-9-8-10(12(6-7-17)20-13(15)18)4-5-11(9)21-14(19)16(2)3/h4-5,8,12,17H,6-7H2,1-3H3,(H2,15,18)/t12-/m0/s1. The Morgan fingerprint density at radius 1 is 1.38 bits per heavy atom. The zero-order chi connectivity index (χ0) is 16.0. The first kappa shape index (κ1) is 16.8. The van der Waals surface area contributed by atoms with Gasteiger partial charge in [-0.3, -0.25) is 0 Å². The van der Waals surface area contributed by atoms with E-state index in [1.54, 1.807) is 39.2 Å². The van der Waals surface area contributed by atoms with Gasteiger partial charge in [-0.2, -0.15) is 0 Å². The molecule has 7 nitrogen and oxygen atoms in total. The number of benzene rings is 1. The number of carbonyl (C=O) groups excluding carboxylic acids is 2. The number of nitrogens with two attached hydrogens (primary N) is 1. The molecule has 2 amide bonds. The molecule has 1 aromatic rings. The Balaban J connectivity index is 2.93. The van der Waals surface area contributed by atoms with Crippen molar-refractivity contribution in [2.75, 3.05) is 20.7 Å². The molecule has 7 heteroatoms. The van der Waals surface area contributed by atoms with Crippen molar-refractivity contribution in [2.45, 2.75) is 19.4 Å². The Morgan fingerprint density at radius 3 is 2.52 bits per heavy atom. The molecule has 1 atom stereocenters. The van der Waals surface area contributed by atoms with Crippen LogP contribution in [0.15, 0.2) is 18.2 Å². The van der Waals surface area contributed by atoms with Gasteiger partial charge in [0.25, 0.3) is 0 Å². The zero-order valence-electron chi connectivity index (χ0n) is 12.3. The van der Waals surface area contributed by atoms with Crippen LogP contribution < -0.4 is 10.5 Å². The van der Waals surface area contributed by atoms with Crippen molar-refractivity contribution < 1.29 is 24.2 Å². The van der Waals surface area contributed by atoms with E-state index in [9.17, 15) is 9.59 Å². The van der Waals surface area contributed by atoms with E-state index in [0.29, 0.717) is 16.9 Å². The molecule has 1 rings (SSSR count). The number of aliphatic hydroxyl groups excluding tert-OH is 1. The van der Waals surface area contributed by atoms with Crippen molar-refractivity contribution in [3.05, 3.63) is 29.3 Å². The number of hydrogen-bond donors (Lipinski definition) is 2. The minimum Gasteiger partial charge on any atom is -0.441 e. The molecule has 21 heavy (non-hydrogen) atoms. The maximum atomic E-state index is 11.5. The van der Waals surface area contributed by atoms with Gasteiger partial charge in [0.2, 0.25) is 0 Å². The summed E-state index contributed by atoms with van der Waals surface area (Å²) in [5, 5.41) is 9.01. The van der Waals surface area contributed by atoms with Crippen molar-refractivity contribution in [3.63, 3.8) is 0 Å². The predicted octanol–water partition coefficient (Wildman–Crippen LogP) is 1.57. The second-order valence-electron chi connectivity index (χ2n) is 4.73. The van der Waals surface area contributed by atoms with Crippen molar-refractivity contribution in [1.29, 1.82) is 0 Å². The quantitative estimate of drug-likeness (QED) is 0.858. The van der Waals surface area contributed by atoms with Gasteiger partial charge < -0.3 is 25.2 Å². The molecule has 116 valence electrons. The monoisotopic (exact) mass is 296 g/mol. The van der Waals surface area contributed by atoms with Crippen LogP contribution in [0.25, 0.3) is 0 Å². The van der Waals surface area contributed by atoms with E-state index in [1.807, 2.05) is 0 Å². The maximum absolute atomic E-state index is 11.5. The molecule has 0 aliphatic carbocycles. The lowest BCUT2D eigenvalue weighted by Crippen LogP contribution is -2.25. The summed E-state index contributed by atoms with van der Waals surface area (Å²) in [6.07, 6.45) is -1.79. The number of hydrogen-bond acceptors (Lipinski definition) is 5. The van der Waals surface area contributed by atoms with E-state index >= 15 is 0 Å². The molecule has 0 saturated carbocycles. The van der Waals surface area contributed by atoms with Crippen LogP contribution in [0.4, 0.5) is 9.59 Å². The summed E-state index contributed by atoms with van der Waals surface area (Å²) in [7, 11) is 3.17. The van der Waals surface area contributed by atoms with E-state index in [4.69, 9.17) is 20.3 Å². The normalized spacial score (nSPS) is 11.6. The summed E-state index contributed by atoms with van der Waals surface area (Å²) in [4.78, 5) is 23.7. The highest BCUT2D eigenvalue weighted by atomic mass is 16.6. The summed E-state index contributed by atoms with van der Waals surface area (Å²) in [6, 6.07) is 5.00. The van der Waals surface area contributed by atoms with Crippen LogP contribution in [0.1, 0.15) is 23.7 Å². The van der Waals surface area contributed by atoms with Crippen LogP contribution in [-0.4, -0.2) is 42.9 Å². The second kappa shape index (κ2) is 7.49. The number of primary amides is 1. The third kappa shape index (κ3) is 4.96. The van der Waals surface area contributed by atoms with E-state index in [1.165, 1.54) is 4.90 Å². The van der Waals surface area contributed by atoms with Crippen molar-refractivity contribution >= 4 is 12.2 Å². The second-order valence-corrected chi connectivity index (χ2v) is 4.73. The van der Waals surface area contributed by atoms with Gasteiger partial charge in [0.15, 0.2) is 0 Å². The summed E-state index contributed by atoms with van der Waals surface area (Å²) >= 11 is 0. The summed E-state index contributed by atoms with van der Waals surface area (Å²) < 4.78 is 10.1. The van der Waals surface area contributed by atoms with Gasteiger partial charge in [0.05, 0.1) is 0 Å². The number of carbonyl (C=O) groups is 2. The van der Waals surface area contributed by atoms with E-state index in [-0.39, 0.29) is 13.0 Å². The van der Waals surface area contributed by atoms with Crippen molar-refractivity contribution in [3.8, 4) is 5.75 Å². The molecule has 0 heterocycles. The Hall–Kier alpha value is -2.28. The molecule has 0 saturated heterocycles. The maximum Gasteiger partial charge on any atom is 0.414 e. The van der Waals surface area contributed by atoms with E-state index < -0.39 is 18.3 Å². The van der Waals surface area contributed by atoms with Gasteiger partial charge in [0.1, 0.15) is 11.9 Å². The van der Waals surface area contributed by atoms with Crippen LogP contribution in [0.5, 0.6) is 5.75 Å². The molecule has 0 aromatic heterocycles. The van der Waals surface area contributed by atoms with Crippen LogP contribution >= 0.6 is 0 Å². The molecular formula is C14H20N2O5. The zero-order valence-corrected chi connectivity index (χ0v) is 12.3. The average molecular weight is 296 g/mol. The summed E-state index contributed by atoms with van der Waals surface area (Å²) in [6.45, 7) is 1.62. The molecule has 0 spiro atoms. The molecular weight excluding hydrogens is 276 g/mol. The minimum atomic E-state index is -0.908. The fourth-order valence-corrected chi connectivity index (χ4v) is 1.72. The Labute approximate surface area is 123 Å². The number of aryl methyl sites for hydroxylation is 1. The fraction of sp³-hybridized carbons (Fsp3) is 0.429. The molecule has 0 bridgehead atoms. The number of nitrogens with zero attached hydrogens (tertiary/aromatic N) is 1. The predicted molar refractivity (Wildman–Crippen MR) is 76.0 cm³/mol. The first-order valence-corrected chi connectivity index (χ1v) is 6.41. The molecule has 0 aliphatic heterocycles. The lowest BCUT2D eigenvalue weighted by Gasteiger charge is -2.18. The van der Waals surface area contributed by atoms with Crippen molar-refractivity contribution in [2.24, 2.45) is 5.73 Å². The van der Waals surface area contributed by atoms with Gasteiger partial charge in [-0.15, -0.1) is 0 Å². The summed E-state index contributed by atoms with van der Waals surface area (Å²) in [5.74, 6) is 0.416. The lowest BCUT2D eigenvalue weighted by atomic mass is 10.0. The van der Waals surface area contributed by atoms with Gasteiger partial charge in [0, 0.05) is 27.1 Å².